The molecule has 14 rings (SSSR count). The second kappa shape index (κ2) is 8.13. The zero-order valence-electron chi connectivity index (χ0n) is 27.0. The van der Waals surface area contributed by atoms with Gasteiger partial charge in [0.05, 0.1) is 11.0 Å². The highest BCUT2D eigenvalue weighted by Gasteiger charge is 2.26. The molecular weight excluding hydrogens is 621 g/mol. The van der Waals surface area contributed by atoms with Gasteiger partial charge in [0.15, 0.2) is 0 Å². The first-order chi connectivity index (χ1) is 25.2. The zero-order chi connectivity index (χ0) is 32.9. The lowest BCUT2D eigenvalue weighted by Gasteiger charge is -2.21. The van der Waals surface area contributed by atoms with E-state index in [1.807, 2.05) is 22.6 Å². The number of hydrogen-bond donors (Lipinski definition) is 0. The van der Waals surface area contributed by atoms with Crippen molar-refractivity contribution in [3.8, 4) is 22.3 Å². The van der Waals surface area contributed by atoms with Gasteiger partial charge < -0.3 is 0 Å². The lowest BCUT2D eigenvalue weighted by Crippen LogP contribution is -2.16. The van der Waals surface area contributed by atoms with Gasteiger partial charge in [-0.25, -0.2) is 4.98 Å². The number of nitrogens with zero attached hydrogens (tertiary/aromatic N) is 2. The summed E-state index contributed by atoms with van der Waals surface area (Å²) in [5, 5.41) is 21.3. The molecule has 3 heteroatoms. The lowest BCUT2D eigenvalue weighted by atomic mass is 9.82. The summed E-state index contributed by atoms with van der Waals surface area (Å²) in [6.45, 7) is 0. The average Bonchev–Trinajstić information content (AvgIpc) is 3.51. The Balaban J connectivity index is 1.17. The van der Waals surface area contributed by atoms with Gasteiger partial charge in [0.1, 0.15) is 5.65 Å². The van der Waals surface area contributed by atoms with E-state index in [2.05, 4.69) is 115 Å². The van der Waals surface area contributed by atoms with Gasteiger partial charge in [-0.2, -0.15) is 0 Å². The molecule has 0 radical (unpaired) electrons. The van der Waals surface area contributed by atoms with Crippen molar-refractivity contribution in [3.63, 3.8) is 0 Å². The predicted molar refractivity (Wildman–Crippen MR) is 215 cm³/mol. The van der Waals surface area contributed by atoms with E-state index in [1.54, 1.807) is 0 Å². The van der Waals surface area contributed by atoms with E-state index in [4.69, 9.17) is 4.98 Å². The van der Waals surface area contributed by atoms with E-state index in [9.17, 15) is 4.79 Å². The van der Waals surface area contributed by atoms with Crippen LogP contribution in [0.2, 0.25) is 0 Å². The third-order valence-electron chi connectivity index (χ3n) is 12.4. The van der Waals surface area contributed by atoms with E-state index >= 15 is 0 Å². The Hall–Kier alpha value is -6.84. The van der Waals surface area contributed by atoms with Gasteiger partial charge in [-0.1, -0.05) is 109 Å². The van der Waals surface area contributed by atoms with Gasteiger partial charge >= 0.3 is 0 Å². The Morgan fingerprint density at radius 2 is 0.804 bits per heavy atom. The molecule has 0 unspecified atom stereocenters. The smallest absolute Gasteiger partial charge is 0.264 e. The van der Waals surface area contributed by atoms with E-state index in [0.29, 0.717) is 5.65 Å². The minimum atomic E-state index is -0.0223. The summed E-state index contributed by atoms with van der Waals surface area (Å²) in [6, 6.07) is 48.6. The van der Waals surface area contributed by atoms with Crippen molar-refractivity contribution in [1.29, 1.82) is 0 Å². The van der Waals surface area contributed by atoms with Crippen LogP contribution in [-0.2, 0) is 0 Å². The molecular formula is C48H22N2O. The molecule has 0 bridgehead atoms. The minimum absolute atomic E-state index is 0.0223. The van der Waals surface area contributed by atoms with Crippen molar-refractivity contribution < 1.29 is 0 Å². The molecule has 11 aromatic carbocycles. The fraction of sp³-hybridized carbons (Fsp3) is 0. The third kappa shape index (κ3) is 2.65. The molecule has 3 nitrogen and oxygen atoms in total. The Labute approximate surface area is 288 Å². The van der Waals surface area contributed by atoms with Crippen molar-refractivity contribution in [3.05, 3.63) is 144 Å². The van der Waals surface area contributed by atoms with Crippen LogP contribution in [0, 0.1) is 0 Å². The number of fused-ring (bicyclic) bond motifs is 10. The summed E-state index contributed by atoms with van der Waals surface area (Å²) in [7, 11) is 0. The van der Waals surface area contributed by atoms with Crippen molar-refractivity contribution in [1.82, 2.24) is 9.38 Å². The standard InChI is InChI=1S/C48H22N2O/c51-48-37-22-20-35-33-18-16-31-29-14-12-27-25-8-2-1-7-24(25)26-11-13-28(42(29)41(26)27)30-15-17-32(44(33)43(30)31)34-19-21-36(46(37)45(34)35)47-49-38-9-3-5-23-6-4-10-39(40(23)38)50(47)48/h1-22H. The summed E-state index contributed by atoms with van der Waals surface area (Å²) < 4.78 is 1.83. The summed E-state index contributed by atoms with van der Waals surface area (Å²) in [5.74, 6) is 0. The molecule has 1 aliphatic rings. The Kier molecular flexibility index (Phi) is 4.01. The fourth-order valence-electron chi connectivity index (χ4n) is 10.4. The first kappa shape index (κ1) is 25.2. The predicted octanol–water partition coefficient (Wildman–Crippen LogP) is 12.2. The third-order valence-corrected chi connectivity index (χ3v) is 12.4. The monoisotopic (exact) mass is 642 g/mol. The summed E-state index contributed by atoms with van der Waals surface area (Å²) in [5.41, 5.74) is 7.81. The van der Waals surface area contributed by atoms with E-state index in [1.165, 1.54) is 86.9 Å². The highest BCUT2D eigenvalue weighted by molar-refractivity contribution is 6.45. The van der Waals surface area contributed by atoms with Crippen LogP contribution in [0.4, 0.5) is 0 Å². The van der Waals surface area contributed by atoms with Crippen molar-refractivity contribution >= 4 is 114 Å². The largest absolute Gasteiger partial charge is 0.268 e. The summed E-state index contributed by atoms with van der Waals surface area (Å²) in [4.78, 5) is 19.7. The molecule has 0 amide bonds. The first-order valence-corrected chi connectivity index (χ1v) is 17.6. The van der Waals surface area contributed by atoms with E-state index < -0.39 is 0 Å². The van der Waals surface area contributed by atoms with Crippen LogP contribution >= 0.6 is 0 Å². The van der Waals surface area contributed by atoms with E-state index in [-0.39, 0.29) is 5.56 Å². The van der Waals surface area contributed by atoms with Crippen LogP contribution in [0.1, 0.15) is 0 Å². The summed E-state index contributed by atoms with van der Waals surface area (Å²) in [6.07, 6.45) is 0. The minimum Gasteiger partial charge on any atom is -0.268 e. The number of hydrogen-bond acceptors (Lipinski definition) is 2. The van der Waals surface area contributed by atoms with Gasteiger partial charge in [0.2, 0.25) is 0 Å². The molecule has 13 aromatic rings. The topological polar surface area (TPSA) is 34.4 Å². The number of benzene rings is 11. The SMILES string of the molecule is O=c1c2ccc3c4ccc5c6ccc7c8c(ccc(c9ccc(c%10ccc(c2c3%10)c2nc3cccc%10cccc(c%103)n12)c4c59)c86)-c1ccccc1-7. The molecule has 51 heavy (non-hydrogen) atoms. The second-order valence-electron chi connectivity index (χ2n) is 14.5. The van der Waals surface area contributed by atoms with Crippen LogP contribution in [0.3, 0.4) is 0 Å². The maximum atomic E-state index is 14.6. The second-order valence-corrected chi connectivity index (χ2v) is 14.5. The molecule has 0 fully saturated rings. The number of pyridine rings is 1. The molecule has 0 aliphatic heterocycles. The first-order valence-electron chi connectivity index (χ1n) is 17.6. The van der Waals surface area contributed by atoms with Crippen LogP contribution in [0.5, 0.6) is 0 Å². The highest BCUT2D eigenvalue weighted by Crippen LogP contribution is 2.54. The van der Waals surface area contributed by atoms with Crippen LogP contribution in [0.25, 0.3) is 136 Å². The highest BCUT2D eigenvalue weighted by atomic mass is 16.1. The fourth-order valence-corrected chi connectivity index (χ4v) is 10.4. The normalized spacial score (nSPS) is 13.2. The molecule has 0 spiro atoms. The summed E-state index contributed by atoms with van der Waals surface area (Å²) >= 11 is 0. The van der Waals surface area contributed by atoms with Crippen molar-refractivity contribution in [2.45, 2.75) is 0 Å². The van der Waals surface area contributed by atoms with Gasteiger partial charge in [-0.15, -0.1) is 0 Å². The zero-order valence-corrected chi connectivity index (χ0v) is 27.0. The molecule has 230 valence electrons. The van der Waals surface area contributed by atoms with Crippen LogP contribution < -0.4 is 5.56 Å². The quantitative estimate of drug-likeness (QED) is 0.122. The average molecular weight is 643 g/mol. The Morgan fingerprint density at radius 3 is 1.37 bits per heavy atom. The van der Waals surface area contributed by atoms with Crippen molar-refractivity contribution in [2.24, 2.45) is 0 Å². The van der Waals surface area contributed by atoms with Gasteiger partial charge in [0.25, 0.3) is 5.56 Å². The van der Waals surface area contributed by atoms with E-state index in [0.717, 1.165) is 43.4 Å². The Bertz CT molecular complexity index is 3700. The van der Waals surface area contributed by atoms with Gasteiger partial charge in [-0.3, -0.25) is 9.20 Å². The Morgan fingerprint density at radius 1 is 0.353 bits per heavy atom. The van der Waals surface area contributed by atoms with Gasteiger partial charge in [0, 0.05) is 21.5 Å². The molecule has 2 heterocycles. The molecule has 0 saturated carbocycles. The van der Waals surface area contributed by atoms with Crippen LogP contribution in [0.15, 0.2) is 138 Å². The molecule has 0 saturated heterocycles. The molecule has 1 aliphatic carbocycles. The molecule has 2 aromatic heterocycles. The maximum absolute atomic E-state index is 14.6. The van der Waals surface area contributed by atoms with Crippen molar-refractivity contribution in [2.75, 3.05) is 0 Å². The molecule has 0 N–H and O–H groups in total. The number of aromatic nitrogens is 2. The van der Waals surface area contributed by atoms with Gasteiger partial charge in [-0.05, 0) is 122 Å². The number of rotatable bonds is 0. The lowest BCUT2D eigenvalue weighted by molar-refractivity contribution is 1.15. The maximum Gasteiger partial charge on any atom is 0.264 e. The molecule has 0 atom stereocenters. The van der Waals surface area contributed by atoms with Crippen LogP contribution in [-0.4, -0.2) is 9.38 Å².